The molecule has 4 heteroatoms. The molecule has 0 atom stereocenters. The Kier molecular flexibility index (Phi) is 4.07. The first-order chi connectivity index (χ1) is 6.69. The molecule has 0 aliphatic heterocycles. The van der Waals surface area contributed by atoms with Crippen molar-refractivity contribution in [2.24, 2.45) is 0 Å². The van der Waals surface area contributed by atoms with E-state index in [0.717, 1.165) is 0 Å². The second-order valence-corrected chi connectivity index (χ2v) is 3.19. The fourth-order valence-electron chi connectivity index (χ4n) is 1.07. The monoisotopic (exact) mass is 260 g/mol. The van der Waals surface area contributed by atoms with E-state index in [2.05, 4.69) is 15.9 Å². The molecular weight excluding hydrogens is 251 g/mol. The number of carbonyl (C=O) groups excluding carboxylic acids is 1. The molecule has 0 saturated heterocycles. The summed E-state index contributed by atoms with van der Waals surface area (Å²) in [5.41, 5.74) is 0.281. The van der Waals surface area contributed by atoms with Crippen LogP contribution in [0, 0.1) is 5.82 Å². The van der Waals surface area contributed by atoms with Gasteiger partial charge in [-0.05, 0) is 25.1 Å². The van der Waals surface area contributed by atoms with Crippen molar-refractivity contribution in [2.75, 3.05) is 11.9 Å². The summed E-state index contributed by atoms with van der Waals surface area (Å²) >= 11 is 3.03. The number of alkyl halides is 1. The van der Waals surface area contributed by atoms with Crippen molar-refractivity contribution in [2.45, 2.75) is 6.92 Å². The summed E-state index contributed by atoms with van der Waals surface area (Å²) in [5.74, 6) is -0.191. The van der Waals surface area contributed by atoms with Crippen LogP contribution in [-0.2, 0) is 0 Å². The predicted octanol–water partition coefficient (Wildman–Crippen LogP) is 2.80. The lowest BCUT2D eigenvalue weighted by Gasteiger charge is -2.07. The van der Waals surface area contributed by atoms with E-state index in [1.54, 1.807) is 0 Å². The maximum atomic E-state index is 12.9. The van der Waals surface area contributed by atoms with Crippen molar-refractivity contribution in [1.29, 1.82) is 0 Å². The average Bonchev–Trinajstić information content (AvgIpc) is 2.20. The molecule has 0 fully saturated rings. The number of carbonyl (C=O) groups is 1. The van der Waals surface area contributed by atoms with Crippen LogP contribution in [0.5, 0.6) is 5.75 Å². The predicted molar refractivity (Wildman–Crippen MR) is 55.7 cm³/mol. The van der Waals surface area contributed by atoms with Crippen LogP contribution >= 0.6 is 15.9 Å². The number of hydrogen-bond acceptors (Lipinski definition) is 2. The molecule has 2 nitrogen and oxygen atoms in total. The van der Waals surface area contributed by atoms with Gasteiger partial charge in [-0.1, -0.05) is 15.9 Å². The molecule has 0 aliphatic rings. The van der Waals surface area contributed by atoms with Gasteiger partial charge >= 0.3 is 0 Å². The number of ketones is 1. The maximum absolute atomic E-state index is 12.9. The average molecular weight is 261 g/mol. The van der Waals surface area contributed by atoms with Gasteiger partial charge in [-0.3, -0.25) is 4.79 Å². The molecule has 0 heterocycles. The lowest BCUT2D eigenvalue weighted by atomic mass is 10.1. The van der Waals surface area contributed by atoms with Gasteiger partial charge in [-0.2, -0.15) is 0 Å². The van der Waals surface area contributed by atoms with Gasteiger partial charge in [-0.15, -0.1) is 0 Å². The van der Waals surface area contributed by atoms with Crippen LogP contribution in [0.1, 0.15) is 17.3 Å². The van der Waals surface area contributed by atoms with Gasteiger partial charge in [-0.25, -0.2) is 4.39 Å². The number of Topliss-reactive ketones (excluding diaryl/α,β-unsaturated/α-hetero) is 1. The Bertz CT molecular complexity index is 339. The van der Waals surface area contributed by atoms with E-state index in [0.29, 0.717) is 12.4 Å². The molecule has 1 aromatic rings. The fraction of sp³-hybridized carbons (Fsp3) is 0.300. The second kappa shape index (κ2) is 5.10. The Labute approximate surface area is 90.2 Å². The highest BCUT2D eigenvalue weighted by molar-refractivity contribution is 9.09. The summed E-state index contributed by atoms with van der Waals surface area (Å²) < 4.78 is 18.1. The van der Waals surface area contributed by atoms with Crippen molar-refractivity contribution >= 4 is 21.7 Å². The normalized spacial score (nSPS) is 9.93. The van der Waals surface area contributed by atoms with E-state index in [-0.39, 0.29) is 16.7 Å². The van der Waals surface area contributed by atoms with Crippen molar-refractivity contribution in [3.8, 4) is 5.75 Å². The van der Waals surface area contributed by atoms with E-state index in [9.17, 15) is 9.18 Å². The summed E-state index contributed by atoms with van der Waals surface area (Å²) in [6, 6.07) is 3.93. The molecule has 0 N–H and O–H groups in total. The quantitative estimate of drug-likeness (QED) is 0.615. The number of rotatable bonds is 4. The highest BCUT2D eigenvalue weighted by atomic mass is 79.9. The Morgan fingerprint density at radius 1 is 1.57 bits per heavy atom. The third-order valence-corrected chi connectivity index (χ3v) is 2.17. The molecule has 1 rings (SSSR count). The summed E-state index contributed by atoms with van der Waals surface area (Å²) in [5, 5.41) is 0.163. The molecule has 0 unspecified atom stereocenters. The summed E-state index contributed by atoms with van der Waals surface area (Å²) in [6.07, 6.45) is 0. The summed E-state index contributed by atoms with van der Waals surface area (Å²) in [4.78, 5) is 11.4. The summed E-state index contributed by atoms with van der Waals surface area (Å²) in [7, 11) is 0. The van der Waals surface area contributed by atoms with Crippen molar-refractivity contribution in [1.82, 2.24) is 0 Å². The molecule has 76 valence electrons. The van der Waals surface area contributed by atoms with Crippen LogP contribution < -0.4 is 4.74 Å². The van der Waals surface area contributed by atoms with Crippen molar-refractivity contribution in [3.05, 3.63) is 29.6 Å². The number of hydrogen-bond donors (Lipinski definition) is 0. The Morgan fingerprint density at radius 2 is 2.29 bits per heavy atom. The Hall–Kier alpha value is -0.900. The van der Waals surface area contributed by atoms with Crippen LogP contribution in [0.15, 0.2) is 18.2 Å². The second-order valence-electron chi connectivity index (χ2n) is 2.63. The highest BCUT2D eigenvalue weighted by Crippen LogP contribution is 2.20. The molecule has 0 aliphatic carbocycles. The van der Waals surface area contributed by atoms with Gasteiger partial charge in [0.1, 0.15) is 11.6 Å². The lowest BCUT2D eigenvalue weighted by Crippen LogP contribution is -2.05. The molecule has 0 spiro atoms. The molecule has 14 heavy (non-hydrogen) atoms. The van der Waals surface area contributed by atoms with Gasteiger partial charge in [0.25, 0.3) is 0 Å². The minimum absolute atomic E-state index is 0.163. The van der Waals surface area contributed by atoms with E-state index in [4.69, 9.17) is 4.74 Å². The molecule has 0 radical (unpaired) electrons. The van der Waals surface area contributed by atoms with E-state index in [1.807, 2.05) is 6.92 Å². The van der Waals surface area contributed by atoms with Gasteiger partial charge in [0, 0.05) is 0 Å². The smallest absolute Gasteiger partial charge is 0.177 e. The van der Waals surface area contributed by atoms with Crippen LogP contribution in [0.4, 0.5) is 4.39 Å². The first-order valence-electron chi connectivity index (χ1n) is 4.20. The van der Waals surface area contributed by atoms with Crippen LogP contribution in [0.25, 0.3) is 0 Å². The maximum Gasteiger partial charge on any atom is 0.177 e. The molecule has 0 amide bonds. The molecule has 0 saturated carbocycles. The van der Waals surface area contributed by atoms with Crippen molar-refractivity contribution < 1.29 is 13.9 Å². The molecule has 0 bridgehead atoms. The topological polar surface area (TPSA) is 26.3 Å². The zero-order chi connectivity index (χ0) is 10.6. The summed E-state index contributed by atoms with van der Waals surface area (Å²) in [6.45, 7) is 2.26. The van der Waals surface area contributed by atoms with E-state index in [1.165, 1.54) is 18.2 Å². The van der Waals surface area contributed by atoms with Crippen LogP contribution in [0.2, 0.25) is 0 Å². The zero-order valence-corrected chi connectivity index (χ0v) is 9.30. The first-order valence-corrected chi connectivity index (χ1v) is 5.32. The van der Waals surface area contributed by atoms with Gasteiger partial charge in [0.2, 0.25) is 0 Å². The van der Waals surface area contributed by atoms with Crippen molar-refractivity contribution in [3.63, 3.8) is 0 Å². The van der Waals surface area contributed by atoms with E-state index >= 15 is 0 Å². The SMILES string of the molecule is CCOc1ccc(F)cc1C(=O)CBr. The third-order valence-electron chi connectivity index (χ3n) is 1.66. The largest absolute Gasteiger partial charge is 0.493 e. The minimum Gasteiger partial charge on any atom is -0.493 e. The fourth-order valence-corrected chi connectivity index (χ4v) is 1.38. The number of halogens is 2. The van der Waals surface area contributed by atoms with Crippen LogP contribution in [0.3, 0.4) is 0 Å². The molecule has 0 aromatic heterocycles. The first kappa shape index (κ1) is 11.2. The molecule has 1 aromatic carbocycles. The standard InChI is InChI=1S/C10H10BrFO2/c1-2-14-10-4-3-7(12)5-8(10)9(13)6-11/h3-5H,2,6H2,1H3. The Morgan fingerprint density at radius 3 is 2.86 bits per heavy atom. The number of ether oxygens (including phenoxy) is 1. The van der Waals surface area contributed by atoms with Crippen LogP contribution in [-0.4, -0.2) is 17.7 Å². The minimum atomic E-state index is -0.433. The number of benzene rings is 1. The highest BCUT2D eigenvalue weighted by Gasteiger charge is 2.12. The van der Waals surface area contributed by atoms with Gasteiger partial charge in [0.05, 0.1) is 17.5 Å². The Balaban J connectivity index is 3.08. The third kappa shape index (κ3) is 2.54. The zero-order valence-electron chi connectivity index (χ0n) is 7.72. The van der Waals surface area contributed by atoms with Gasteiger partial charge < -0.3 is 4.74 Å². The van der Waals surface area contributed by atoms with Gasteiger partial charge in [0.15, 0.2) is 5.78 Å². The lowest BCUT2D eigenvalue weighted by molar-refractivity contribution is 0.101. The molecular formula is C10H10BrFO2. The van der Waals surface area contributed by atoms with E-state index < -0.39 is 5.82 Å².